The molecule has 0 saturated heterocycles. The van der Waals surface area contributed by atoms with Crippen LogP contribution in [-0.4, -0.2) is 6.54 Å². The van der Waals surface area contributed by atoms with E-state index in [1.54, 1.807) is 16.7 Å². The lowest BCUT2D eigenvalue weighted by Crippen LogP contribution is -2.35. The van der Waals surface area contributed by atoms with Gasteiger partial charge in [0.2, 0.25) is 0 Å². The Morgan fingerprint density at radius 2 is 2.06 bits per heavy atom. The maximum atomic E-state index is 3.75. The van der Waals surface area contributed by atoms with Crippen molar-refractivity contribution in [3.63, 3.8) is 0 Å². The van der Waals surface area contributed by atoms with Gasteiger partial charge in [-0.1, -0.05) is 26.0 Å². The number of nitrogens with one attached hydrogen (secondary N) is 1. The van der Waals surface area contributed by atoms with Crippen molar-refractivity contribution in [2.75, 3.05) is 6.54 Å². The van der Waals surface area contributed by atoms with Gasteiger partial charge in [0.05, 0.1) is 0 Å². The minimum atomic E-state index is 0.573. The first-order chi connectivity index (χ1) is 7.68. The van der Waals surface area contributed by atoms with Crippen molar-refractivity contribution in [2.45, 2.75) is 45.6 Å². The van der Waals surface area contributed by atoms with E-state index in [1.165, 1.54) is 24.9 Å². The van der Waals surface area contributed by atoms with Gasteiger partial charge in [-0.3, -0.25) is 0 Å². The Morgan fingerprint density at radius 3 is 2.81 bits per heavy atom. The van der Waals surface area contributed by atoms with Crippen LogP contribution >= 0.6 is 0 Å². The maximum absolute atomic E-state index is 3.75. The third-order valence-electron chi connectivity index (χ3n) is 4.33. The highest BCUT2D eigenvalue weighted by atomic mass is 14.9. The smallest absolute Gasteiger partial charge is 0.0349 e. The fourth-order valence-electron chi connectivity index (χ4n) is 3.52. The number of hydrogen-bond donors (Lipinski definition) is 1. The van der Waals surface area contributed by atoms with Gasteiger partial charge in [-0.25, -0.2) is 0 Å². The Labute approximate surface area is 98.3 Å². The molecule has 0 aromatic heterocycles. The van der Waals surface area contributed by atoms with Gasteiger partial charge in [-0.2, -0.15) is 0 Å². The number of rotatable bonds is 1. The van der Waals surface area contributed by atoms with Crippen LogP contribution in [0, 0.1) is 12.8 Å². The van der Waals surface area contributed by atoms with Gasteiger partial charge in [0, 0.05) is 12.6 Å². The van der Waals surface area contributed by atoms with Crippen LogP contribution in [0.5, 0.6) is 0 Å². The monoisotopic (exact) mass is 215 g/mol. The Kier molecular flexibility index (Phi) is 2.32. The minimum Gasteiger partial charge on any atom is -0.309 e. The molecule has 0 bridgehead atoms. The summed E-state index contributed by atoms with van der Waals surface area (Å²) in [6, 6.07) is 5.25. The van der Waals surface area contributed by atoms with Crippen molar-refractivity contribution in [2.24, 2.45) is 5.92 Å². The van der Waals surface area contributed by atoms with Crippen LogP contribution in [0.15, 0.2) is 12.1 Å². The molecule has 1 aromatic carbocycles. The molecular formula is C15H21N. The topological polar surface area (TPSA) is 12.0 Å². The summed E-state index contributed by atoms with van der Waals surface area (Å²) in [4.78, 5) is 0. The molecule has 0 amide bonds. The van der Waals surface area contributed by atoms with E-state index in [-0.39, 0.29) is 0 Å². The third-order valence-corrected chi connectivity index (χ3v) is 4.33. The first-order valence-electron chi connectivity index (χ1n) is 6.54. The van der Waals surface area contributed by atoms with Crippen LogP contribution in [0.3, 0.4) is 0 Å². The molecule has 16 heavy (non-hydrogen) atoms. The molecule has 2 unspecified atom stereocenters. The Bertz CT molecular complexity index is 420. The van der Waals surface area contributed by atoms with Crippen LogP contribution in [0.2, 0.25) is 0 Å². The van der Waals surface area contributed by atoms with Crippen molar-refractivity contribution in [3.8, 4) is 0 Å². The van der Waals surface area contributed by atoms with Gasteiger partial charge in [-0.15, -0.1) is 0 Å². The first-order valence-corrected chi connectivity index (χ1v) is 6.54. The predicted octanol–water partition coefficient (Wildman–Crippen LogP) is 3.33. The van der Waals surface area contributed by atoms with Crippen LogP contribution < -0.4 is 5.32 Å². The molecule has 86 valence electrons. The molecule has 0 fully saturated rings. The summed E-state index contributed by atoms with van der Waals surface area (Å²) in [5.74, 6) is 1.48. The number of aryl methyl sites for hydroxylation is 2. The fourth-order valence-corrected chi connectivity index (χ4v) is 3.52. The van der Waals surface area contributed by atoms with Crippen molar-refractivity contribution in [1.82, 2.24) is 5.32 Å². The largest absolute Gasteiger partial charge is 0.309 e. The first kappa shape index (κ1) is 10.3. The van der Waals surface area contributed by atoms with E-state index in [9.17, 15) is 0 Å². The second-order valence-electron chi connectivity index (χ2n) is 5.73. The Balaban J connectivity index is 2.19. The maximum Gasteiger partial charge on any atom is 0.0349 e. The predicted molar refractivity (Wildman–Crippen MR) is 67.8 cm³/mol. The van der Waals surface area contributed by atoms with E-state index >= 15 is 0 Å². The van der Waals surface area contributed by atoms with Crippen LogP contribution in [0.4, 0.5) is 0 Å². The number of benzene rings is 1. The lowest BCUT2D eigenvalue weighted by atomic mass is 9.81. The van der Waals surface area contributed by atoms with Crippen LogP contribution in [0.25, 0.3) is 0 Å². The van der Waals surface area contributed by atoms with E-state index in [0.717, 1.165) is 5.92 Å². The summed E-state index contributed by atoms with van der Waals surface area (Å²) in [5.41, 5.74) is 6.44. The third kappa shape index (κ3) is 1.34. The highest BCUT2D eigenvalue weighted by Gasteiger charge is 2.34. The van der Waals surface area contributed by atoms with E-state index in [4.69, 9.17) is 0 Å². The Hall–Kier alpha value is -0.820. The van der Waals surface area contributed by atoms with Crippen LogP contribution in [0.1, 0.15) is 54.5 Å². The molecule has 1 heteroatoms. The molecular weight excluding hydrogens is 194 g/mol. The average Bonchev–Trinajstić information content (AvgIpc) is 2.67. The summed E-state index contributed by atoms with van der Waals surface area (Å²) in [6.07, 6.45) is 2.64. The van der Waals surface area contributed by atoms with Gasteiger partial charge in [-0.05, 0) is 53.9 Å². The van der Waals surface area contributed by atoms with Crippen molar-refractivity contribution in [1.29, 1.82) is 0 Å². The molecule has 3 rings (SSSR count). The molecule has 1 aliphatic heterocycles. The van der Waals surface area contributed by atoms with Gasteiger partial charge in [0.1, 0.15) is 0 Å². The highest BCUT2D eigenvalue weighted by molar-refractivity contribution is 5.49. The minimum absolute atomic E-state index is 0.573. The van der Waals surface area contributed by atoms with Gasteiger partial charge in [0.25, 0.3) is 0 Å². The quantitative estimate of drug-likeness (QED) is 0.757. The average molecular weight is 215 g/mol. The lowest BCUT2D eigenvalue weighted by molar-refractivity contribution is 0.370. The van der Waals surface area contributed by atoms with Crippen molar-refractivity contribution in [3.05, 3.63) is 34.4 Å². The normalized spacial score (nSPS) is 27.2. The van der Waals surface area contributed by atoms with Gasteiger partial charge in [0.15, 0.2) is 0 Å². The second-order valence-corrected chi connectivity index (χ2v) is 5.73. The van der Waals surface area contributed by atoms with E-state index in [2.05, 4.69) is 38.2 Å². The molecule has 2 aliphatic rings. The summed E-state index contributed by atoms with van der Waals surface area (Å²) in [6.45, 7) is 8.11. The van der Waals surface area contributed by atoms with Gasteiger partial charge < -0.3 is 5.32 Å². The second kappa shape index (κ2) is 3.59. The van der Waals surface area contributed by atoms with Crippen molar-refractivity contribution >= 4 is 0 Å². The van der Waals surface area contributed by atoms with Crippen LogP contribution in [-0.2, 0) is 6.42 Å². The fraction of sp³-hybridized carbons (Fsp3) is 0.600. The molecule has 1 nitrogen and oxygen atoms in total. The van der Waals surface area contributed by atoms with E-state index in [0.29, 0.717) is 12.0 Å². The van der Waals surface area contributed by atoms with E-state index < -0.39 is 0 Å². The molecule has 0 saturated carbocycles. The zero-order valence-electron chi connectivity index (χ0n) is 10.5. The summed E-state index contributed by atoms with van der Waals surface area (Å²) in [5, 5.41) is 3.75. The summed E-state index contributed by atoms with van der Waals surface area (Å²) >= 11 is 0. The highest BCUT2D eigenvalue weighted by Crippen LogP contribution is 2.43. The zero-order chi connectivity index (χ0) is 11.3. The standard InChI is InChI=1S/C15H21N/c1-9(2)15-13-10(3)4-5-11-6-7-12(8-16-15)14(11)13/h4-5,9,12,15-16H,6-8H2,1-3H3. The molecule has 1 aliphatic carbocycles. The van der Waals surface area contributed by atoms with E-state index in [1.807, 2.05) is 0 Å². The molecule has 1 N–H and O–H groups in total. The molecule has 0 spiro atoms. The molecule has 1 heterocycles. The molecule has 2 atom stereocenters. The molecule has 1 aromatic rings. The van der Waals surface area contributed by atoms with Crippen molar-refractivity contribution < 1.29 is 0 Å². The number of hydrogen-bond acceptors (Lipinski definition) is 1. The lowest BCUT2D eigenvalue weighted by Gasteiger charge is -2.34. The van der Waals surface area contributed by atoms with Gasteiger partial charge >= 0.3 is 0 Å². The molecule has 0 radical (unpaired) electrons. The zero-order valence-corrected chi connectivity index (χ0v) is 10.5. The Morgan fingerprint density at radius 1 is 1.25 bits per heavy atom. The summed E-state index contributed by atoms with van der Waals surface area (Å²) in [7, 11) is 0. The SMILES string of the molecule is Cc1ccc2c3c1C(C(C)C)NCC3CC2. The summed E-state index contributed by atoms with van der Waals surface area (Å²) < 4.78 is 0.